The first kappa shape index (κ1) is 13.4. The molecule has 0 saturated heterocycles. The van der Waals surface area contributed by atoms with Gasteiger partial charge in [-0.2, -0.15) is 0 Å². The van der Waals surface area contributed by atoms with Gasteiger partial charge < -0.3 is 20.4 Å². The summed E-state index contributed by atoms with van der Waals surface area (Å²) in [5.74, 6) is -0.403. The first-order chi connectivity index (χ1) is 8.52. The van der Waals surface area contributed by atoms with Crippen molar-refractivity contribution >= 4 is 6.29 Å². The van der Waals surface area contributed by atoms with Crippen LogP contribution in [0.4, 0.5) is 0 Å². The molecule has 0 aliphatic rings. The van der Waals surface area contributed by atoms with Gasteiger partial charge >= 0.3 is 0 Å². The zero-order chi connectivity index (χ0) is 13.5. The van der Waals surface area contributed by atoms with E-state index < -0.39 is 0 Å². The number of para-hydroxylation sites is 1. The van der Waals surface area contributed by atoms with Gasteiger partial charge in [-0.3, -0.25) is 4.79 Å². The van der Waals surface area contributed by atoms with E-state index in [1.54, 1.807) is 18.2 Å². The molecule has 2 rings (SSSR count). The maximum atomic E-state index is 10.1. The molecule has 0 unspecified atom stereocenters. The number of aldehydes is 1. The minimum absolute atomic E-state index is 0.0347. The van der Waals surface area contributed by atoms with Crippen LogP contribution in [0, 0.1) is 0 Å². The highest BCUT2D eigenvalue weighted by molar-refractivity contribution is 5.78. The van der Waals surface area contributed by atoms with E-state index in [-0.39, 0.29) is 23.0 Å². The van der Waals surface area contributed by atoms with Crippen molar-refractivity contribution in [2.45, 2.75) is 0 Å². The van der Waals surface area contributed by atoms with Crippen LogP contribution in [0.5, 0.6) is 23.0 Å². The quantitative estimate of drug-likeness (QED) is 0.579. The fraction of sp³-hybridized carbons (Fsp3) is 0. The van der Waals surface area contributed by atoms with Crippen LogP contribution in [-0.4, -0.2) is 26.7 Å². The van der Waals surface area contributed by atoms with Crippen molar-refractivity contribution in [3.63, 3.8) is 0 Å². The van der Waals surface area contributed by atoms with E-state index in [1.807, 2.05) is 0 Å². The lowest BCUT2D eigenvalue weighted by atomic mass is 10.2. The predicted octanol–water partition coefficient (Wildman–Crippen LogP) is 2.01. The first-order valence-electron chi connectivity index (χ1n) is 4.98. The Balaban J connectivity index is 0.000000180. The Morgan fingerprint density at radius 3 is 1.56 bits per heavy atom. The van der Waals surface area contributed by atoms with Gasteiger partial charge in [-0.15, -0.1) is 0 Å². The molecule has 0 bridgehead atoms. The summed E-state index contributed by atoms with van der Waals surface area (Å²) in [7, 11) is 0. The van der Waals surface area contributed by atoms with E-state index in [0.29, 0.717) is 11.8 Å². The lowest BCUT2D eigenvalue weighted by molar-refractivity contribution is 0.112. The summed E-state index contributed by atoms with van der Waals surface area (Å²) in [5, 5.41) is 34.9. The third-order valence-electron chi connectivity index (χ3n) is 1.95. The Kier molecular flexibility index (Phi) is 4.57. The first-order valence-corrected chi connectivity index (χ1v) is 4.98. The maximum absolute atomic E-state index is 10.1. The molecule has 0 fully saturated rings. The minimum Gasteiger partial charge on any atom is -0.508 e. The molecule has 0 saturated carbocycles. The number of aromatic hydroxyl groups is 4. The molecule has 2 aromatic rings. The molecule has 0 aliphatic heterocycles. The number of phenols is 4. The molecule has 94 valence electrons. The van der Waals surface area contributed by atoms with Gasteiger partial charge in [0.1, 0.15) is 23.0 Å². The van der Waals surface area contributed by atoms with Crippen LogP contribution in [0.15, 0.2) is 42.5 Å². The molecular weight excluding hydrogens is 236 g/mol. The van der Waals surface area contributed by atoms with E-state index in [1.165, 1.54) is 6.07 Å². The molecule has 0 atom stereocenters. The molecule has 4 N–H and O–H groups in total. The van der Waals surface area contributed by atoms with Gasteiger partial charge in [0.15, 0.2) is 6.29 Å². The molecule has 0 aromatic heterocycles. The Hall–Kier alpha value is -2.69. The van der Waals surface area contributed by atoms with Gasteiger partial charge in [-0.1, -0.05) is 12.1 Å². The number of carbonyl (C=O) groups excluding carboxylic acids is 1. The number of phenolic OH excluding ortho intramolecular Hbond substituents is 4. The summed E-state index contributed by atoms with van der Waals surface area (Å²) in [4.78, 5) is 10.1. The van der Waals surface area contributed by atoms with Gasteiger partial charge in [-0.25, -0.2) is 0 Å². The van der Waals surface area contributed by atoms with E-state index in [9.17, 15) is 4.79 Å². The number of benzene rings is 2. The number of rotatable bonds is 1. The van der Waals surface area contributed by atoms with Crippen molar-refractivity contribution in [2.75, 3.05) is 0 Å². The Labute approximate surface area is 103 Å². The van der Waals surface area contributed by atoms with Crippen LogP contribution >= 0.6 is 0 Å². The summed E-state index contributed by atoms with van der Waals surface area (Å²) in [6.45, 7) is 0. The van der Waals surface area contributed by atoms with Crippen LogP contribution in [-0.2, 0) is 0 Å². The summed E-state index contributed by atoms with van der Waals surface area (Å²) >= 11 is 0. The standard InChI is InChI=1S/C7H6O2.C6H6O3/c8-5-6-3-1-2-4-7(6)9;7-4-1-5(8)3-6(9)2-4/h1-5,9H;1-3,7-9H. The van der Waals surface area contributed by atoms with E-state index in [0.717, 1.165) is 18.2 Å². The molecule has 5 nitrogen and oxygen atoms in total. The molecular formula is C13H12O5. The van der Waals surface area contributed by atoms with Crippen molar-refractivity contribution in [2.24, 2.45) is 0 Å². The van der Waals surface area contributed by atoms with Gasteiger partial charge in [0.05, 0.1) is 5.56 Å². The van der Waals surface area contributed by atoms with E-state index in [2.05, 4.69) is 0 Å². The zero-order valence-electron chi connectivity index (χ0n) is 9.32. The van der Waals surface area contributed by atoms with E-state index >= 15 is 0 Å². The fourth-order valence-corrected chi connectivity index (χ4v) is 1.17. The number of carbonyl (C=O) groups is 1. The normalized spacial score (nSPS) is 9.11. The monoisotopic (exact) mass is 248 g/mol. The Morgan fingerprint density at radius 1 is 0.778 bits per heavy atom. The second-order valence-electron chi connectivity index (χ2n) is 3.38. The molecule has 0 spiro atoms. The van der Waals surface area contributed by atoms with E-state index in [4.69, 9.17) is 20.4 Å². The molecule has 0 radical (unpaired) electrons. The molecule has 0 heterocycles. The molecule has 0 aliphatic carbocycles. The second-order valence-corrected chi connectivity index (χ2v) is 3.38. The SMILES string of the molecule is O=Cc1ccccc1O.Oc1cc(O)cc(O)c1. The minimum atomic E-state index is -0.146. The van der Waals surface area contributed by atoms with Crippen molar-refractivity contribution in [3.05, 3.63) is 48.0 Å². The van der Waals surface area contributed by atoms with Crippen LogP contribution in [0.2, 0.25) is 0 Å². The van der Waals surface area contributed by atoms with Crippen LogP contribution in [0.1, 0.15) is 10.4 Å². The number of hydrogen-bond donors (Lipinski definition) is 4. The zero-order valence-corrected chi connectivity index (χ0v) is 9.32. The third-order valence-corrected chi connectivity index (χ3v) is 1.95. The van der Waals surface area contributed by atoms with Gasteiger partial charge in [-0.05, 0) is 12.1 Å². The molecule has 0 amide bonds. The van der Waals surface area contributed by atoms with Gasteiger partial charge in [0, 0.05) is 18.2 Å². The van der Waals surface area contributed by atoms with Crippen LogP contribution in [0.25, 0.3) is 0 Å². The third kappa shape index (κ3) is 4.05. The lowest BCUT2D eigenvalue weighted by Crippen LogP contribution is -1.77. The largest absolute Gasteiger partial charge is 0.508 e. The topological polar surface area (TPSA) is 98.0 Å². The predicted molar refractivity (Wildman–Crippen MR) is 64.9 cm³/mol. The fourth-order valence-electron chi connectivity index (χ4n) is 1.17. The average Bonchev–Trinajstić information content (AvgIpc) is 2.28. The van der Waals surface area contributed by atoms with Gasteiger partial charge in [0.2, 0.25) is 0 Å². The summed E-state index contributed by atoms with van der Waals surface area (Å²) in [6.07, 6.45) is 0.620. The highest BCUT2D eigenvalue weighted by Gasteiger charge is 1.94. The summed E-state index contributed by atoms with van der Waals surface area (Å²) in [6, 6.07) is 9.82. The Bertz CT molecular complexity index is 486. The van der Waals surface area contributed by atoms with Crippen molar-refractivity contribution in [3.8, 4) is 23.0 Å². The number of hydrogen-bond acceptors (Lipinski definition) is 5. The van der Waals surface area contributed by atoms with Crippen molar-refractivity contribution in [1.29, 1.82) is 0 Å². The molecule has 5 heteroatoms. The second kappa shape index (κ2) is 6.15. The summed E-state index contributed by atoms with van der Waals surface area (Å²) in [5.41, 5.74) is 0.331. The van der Waals surface area contributed by atoms with Crippen molar-refractivity contribution < 1.29 is 25.2 Å². The van der Waals surface area contributed by atoms with Crippen LogP contribution < -0.4 is 0 Å². The smallest absolute Gasteiger partial charge is 0.153 e. The summed E-state index contributed by atoms with van der Waals surface area (Å²) < 4.78 is 0. The van der Waals surface area contributed by atoms with Crippen molar-refractivity contribution in [1.82, 2.24) is 0 Å². The lowest BCUT2D eigenvalue weighted by Gasteiger charge is -1.94. The maximum Gasteiger partial charge on any atom is 0.153 e. The highest BCUT2D eigenvalue weighted by Crippen LogP contribution is 2.23. The van der Waals surface area contributed by atoms with Crippen LogP contribution in [0.3, 0.4) is 0 Å². The molecule has 2 aromatic carbocycles. The molecule has 18 heavy (non-hydrogen) atoms. The highest BCUT2D eigenvalue weighted by atomic mass is 16.3. The Morgan fingerprint density at radius 2 is 1.22 bits per heavy atom. The van der Waals surface area contributed by atoms with Gasteiger partial charge in [0.25, 0.3) is 0 Å². The average molecular weight is 248 g/mol.